The molecule has 4 aromatic rings. The number of hydrogen-bond donors (Lipinski definition) is 0. The number of rotatable bonds is 6. The predicted molar refractivity (Wildman–Crippen MR) is 110 cm³/mol. The van der Waals surface area contributed by atoms with E-state index in [9.17, 15) is 9.18 Å². The van der Waals surface area contributed by atoms with Gasteiger partial charge in [0.2, 0.25) is 0 Å². The molecular weight excluding hydrogens is 383 g/mol. The topological polar surface area (TPSA) is 59.5 Å². The summed E-state index contributed by atoms with van der Waals surface area (Å²) in [7, 11) is 0. The lowest BCUT2D eigenvalue weighted by Crippen LogP contribution is -2.30. The molecule has 0 N–H and O–H groups in total. The molecule has 0 aliphatic rings. The second-order valence-electron chi connectivity index (χ2n) is 7.24. The third kappa shape index (κ3) is 4.33. The highest BCUT2D eigenvalue weighted by Gasteiger charge is 2.22. The zero-order valence-electron chi connectivity index (χ0n) is 16.8. The van der Waals surface area contributed by atoms with Gasteiger partial charge in [-0.1, -0.05) is 29.4 Å². The molecule has 0 aliphatic heterocycles. The van der Waals surface area contributed by atoms with Gasteiger partial charge in [-0.3, -0.25) is 4.79 Å². The normalized spacial score (nSPS) is 10.9. The molecule has 2 aromatic carbocycles. The van der Waals surface area contributed by atoms with Crippen LogP contribution < -0.4 is 0 Å². The van der Waals surface area contributed by atoms with E-state index in [0.29, 0.717) is 11.5 Å². The van der Waals surface area contributed by atoms with E-state index < -0.39 is 0 Å². The van der Waals surface area contributed by atoms with Crippen LogP contribution in [-0.4, -0.2) is 16.0 Å². The van der Waals surface area contributed by atoms with Crippen LogP contribution in [0.25, 0.3) is 11.3 Å². The zero-order chi connectivity index (χ0) is 21.1. The lowest BCUT2D eigenvalue weighted by Gasteiger charge is -2.20. The Balaban J connectivity index is 1.59. The number of amides is 1. The molecule has 0 fully saturated rings. The van der Waals surface area contributed by atoms with Gasteiger partial charge in [-0.25, -0.2) is 4.39 Å². The summed E-state index contributed by atoms with van der Waals surface area (Å²) in [6.45, 7) is 4.60. The number of benzene rings is 2. The van der Waals surface area contributed by atoms with Crippen molar-refractivity contribution >= 4 is 5.91 Å². The van der Waals surface area contributed by atoms with Crippen LogP contribution in [-0.2, 0) is 13.1 Å². The molecular formula is C24H21FN2O3. The van der Waals surface area contributed by atoms with Crippen molar-refractivity contribution in [3.63, 3.8) is 0 Å². The molecule has 152 valence electrons. The number of furan rings is 1. The maximum atomic E-state index is 13.3. The Morgan fingerprint density at radius 2 is 1.80 bits per heavy atom. The van der Waals surface area contributed by atoms with Crippen LogP contribution in [0, 0.1) is 19.7 Å². The Hall–Kier alpha value is -3.67. The Bertz CT molecular complexity index is 1150. The smallest absolute Gasteiger partial charge is 0.276 e. The Labute approximate surface area is 173 Å². The number of hydrogen-bond acceptors (Lipinski definition) is 4. The Morgan fingerprint density at radius 1 is 1.00 bits per heavy atom. The second kappa shape index (κ2) is 8.37. The first kappa shape index (κ1) is 19.6. The molecule has 0 atom stereocenters. The maximum absolute atomic E-state index is 13.3. The van der Waals surface area contributed by atoms with Gasteiger partial charge in [0, 0.05) is 18.2 Å². The lowest BCUT2D eigenvalue weighted by molar-refractivity contribution is 0.0707. The van der Waals surface area contributed by atoms with E-state index >= 15 is 0 Å². The standard InChI is InChI=1S/C24H21FN2O3/c1-16-5-8-19(12-17(16)2)23-13-22(26-30-23)24(28)27(15-21-4-3-11-29-21)14-18-6-9-20(25)10-7-18/h3-13H,14-15H2,1-2H3. The highest BCUT2D eigenvalue weighted by Crippen LogP contribution is 2.24. The first-order valence-corrected chi connectivity index (χ1v) is 9.60. The van der Waals surface area contributed by atoms with Gasteiger partial charge in [0.05, 0.1) is 12.8 Å². The fourth-order valence-electron chi connectivity index (χ4n) is 3.17. The summed E-state index contributed by atoms with van der Waals surface area (Å²) in [5.74, 6) is 0.552. The third-order valence-electron chi connectivity index (χ3n) is 5.02. The molecule has 0 radical (unpaired) electrons. The molecule has 4 rings (SSSR count). The molecule has 0 bridgehead atoms. The maximum Gasteiger partial charge on any atom is 0.276 e. The molecule has 0 unspecified atom stereocenters. The fourth-order valence-corrected chi connectivity index (χ4v) is 3.17. The highest BCUT2D eigenvalue weighted by molar-refractivity contribution is 5.93. The monoisotopic (exact) mass is 404 g/mol. The minimum Gasteiger partial charge on any atom is -0.467 e. The molecule has 5 nitrogen and oxygen atoms in total. The molecule has 2 aromatic heterocycles. The molecule has 0 spiro atoms. The first-order valence-electron chi connectivity index (χ1n) is 9.60. The van der Waals surface area contributed by atoms with E-state index in [1.54, 1.807) is 41.5 Å². The van der Waals surface area contributed by atoms with Crippen LogP contribution in [0.1, 0.15) is 32.9 Å². The van der Waals surface area contributed by atoms with Crippen molar-refractivity contribution in [3.8, 4) is 11.3 Å². The van der Waals surface area contributed by atoms with Crippen molar-refractivity contribution in [1.82, 2.24) is 10.1 Å². The summed E-state index contributed by atoms with van der Waals surface area (Å²) in [5.41, 5.74) is 4.18. The summed E-state index contributed by atoms with van der Waals surface area (Å²) in [6, 6.07) is 17.2. The minimum atomic E-state index is -0.322. The van der Waals surface area contributed by atoms with E-state index in [-0.39, 0.29) is 30.5 Å². The molecule has 6 heteroatoms. The average molecular weight is 404 g/mol. The highest BCUT2D eigenvalue weighted by atomic mass is 19.1. The summed E-state index contributed by atoms with van der Waals surface area (Å²) in [5, 5.41) is 3.99. The van der Waals surface area contributed by atoms with Crippen LogP contribution in [0.4, 0.5) is 4.39 Å². The van der Waals surface area contributed by atoms with E-state index in [2.05, 4.69) is 5.16 Å². The zero-order valence-corrected chi connectivity index (χ0v) is 16.8. The number of halogens is 1. The number of aryl methyl sites for hydroxylation is 2. The molecule has 0 aliphatic carbocycles. The van der Waals surface area contributed by atoms with Crippen LogP contribution in [0.15, 0.2) is 75.9 Å². The largest absolute Gasteiger partial charge is 0.467 e. The molecule has 0 saturated carbocycles. The quantitative estimate of drug-likeness (QED) is 0.424. The van der Waals surface area contributed by atoms with E-state index in [1.807, 2.05) is 32.0 Å². The van der Waals surface area contributed by atoms with Crippen LogP contribution in [0.2, 0.25) is 0 Å². The van der Waals surface area contributed by atoms with Crippen molar-refractivity contribution < 1.29 is 18.1 Å². The lowest BCUT2D eigenvalue weighted by atomic mass is 10.0. The summed E-state index contributed by atoms with van der Waals surface area (Å²) in [6.07, 6.45) is 1.56. The molecule has 1 amide bonds. The number of carbonyl (C=O) groups is 1. The Morgan fingerprint density at radius 3 is 2.50 bits per heavy atom. The van der Waals surface area contributed by atoms with Crippen LogP contribution in [0.3, 0.4) is 0 Å². The minimum absolute atomic E-state index is 0.205. The van der Waals surface area contributed by atoms with Gasteiger partial charge < -0.3 is 13.8 Å². The fraction of sp³-hybridized carbons (Fsp3) is 0.167. The summed E-state index contributed by atoms with van der Waals surface area (Å²) >= 11 is 0. The van der Waals surface area contributed by atoms with Gasteiger partial charge in [0.1, 0.15) is 11.6 Å². The van der Waals surface area contributed by atoms with Crippen molar-refractivity contribution in [3.05, 3.63) is 101 Å². The Kier molecular flexibility index (Phi) is 5.48. The van der Waals surface area contributed by atoms with Crippen molar-refractivity contribution in [2.45, 2.75) is 26.9 Å². The summed E-state index contributed by atoms with van der Waals surface area (Å²) < 4.78 is 24.1. The van der Waals surface area contributed by atoms with Crippen LogP contribution >= 0.6 is 0 Å². The molecule has 0 saturated heterocycles. The predicted octanol–water partition coefficient (Wildman–Crippen LogP) is 5.53. The number of aromatic nitrogens is 1. The van der Waals surface area contributed by atoms with Gasteiger partial charge in [-0.2, -0.15) is 0 Å². The second-order valence-corrected chi connectivity index (χ2v) is 7.24. The van der Waals surface area contributed by atoms with Crippen molar-refractivity contribution in [1.29, 1.82) is 0 Å². The van der Waals surface area contributed by atoms with Crippen molar-refractivity contribution in [2.24, 2.45) is 0 Å². The van der Waals surface area contributed by atoms with Crippen molar-refractivity contribution in [2.75, 3.05) is 0 Å². The van der Waals surface area contributed by atoms with E-state index in [4.69, 9.17) is 8.94 Å². The molecule has 30 heavy (non-hydrogen) atoms. The SMILES string of the molecule is Cc1ccc(-c2cc(C(=O)N(Cc3ccc(F)cc3)Cc3ccco3)no2)cc1C. The van der Waals surface area contributed by atoms with Crippen LogP contribution in [0.5, 0.6) is 0 Å². The molecule has 2 heterocycles. The van der Waals surface area contributed by atoms with E-state index in [1.165, 1.54) is 17.7 Å². The van der Waals surface area contributed by atoms with E-state index in [0.717, 1.165) is 16.7 Å². The van der Waals surface area contributed by atoms with Gasteiger partial charge in [0.15, 0.2) is 11.5 Å². The van der Waals surface area contributed by atoms with Gasteiger partial charge in [0.25, 0.3) is 5.91 Å². The number of nitrogens with zero attached hydrogens (tertiary/aromatic N) is 2. The van der Waals surface area contributed by atoms with Gasteiger partial charge >= 0.3 is 0 Å². The third-order valence-corrected chi connectivity index (χ3v) is 5.02. The van der Waals surface area contributed by atoms with Gasteiger partial charge in [-0.15, -0.1) is 0 Å². The average Bonchev–Trinajstić information content (AvgIpc) is 3.43. The first-order chi connectivity index (χ1) is 14.5. The van der Waals surface area contributed by atoms with Gasteiger partial charge in [-0.05, 0) is 60.9 Å². The number of carbonyl (C=O) groups excluding carboxylic acids is 1. The summed E-state index contributed by atoms with van der Waals surface area (Å²) in [4.78, 5) is 14.8.